The van der Waals surface area contributed by atoms with E-state index in [4.69, 9.17) is 18.9 Å². The molecule has 0 bridgehead atoms. The van der Waals surface area contributed by atoms with E-state index in [-0.39, 0.29) is 12.4 Å². The van der Waals surface area contributed by atoms with Crippen LogP contribution in [0.1, 0.15) is 43.2 Å². The van der Waals surface area contributed by atoms with Gasteiger partial charge in [-0.15, -0.1) is 0 Å². The molecular formula is C26H28N2O6. The highest BCUT2D eigenvalue weighted by Gasteiger charge is 2.40. The van der Waals surface area contributed by atoms with Gasteiger partial charge in [0, 0.05) is 47.3 Å². The molecule has 8 nitrogen and oxygen atoms in total. The molecule has 0 radical (unpaired) electrons. The van der Waals surface area contributed by atoms with Crippen molar-refractivity contribution < 1.29 is 28.5 Å². The average molecular weight is 465 g/mol. The van der Waals surface area contributed by atoms with Crippen LogP contribution in [0.2, 0.25) is 0 Å². The number of hydrogen-bond donors (Lipinski definition) is 1. The Balaban J connectivity index is 1.80. The highest BCUT2D eigenvalue weighted by atomic mass is 16.5. The second kappa shape index (κ2) is 9.99. The number of pyridine rings is 1. The predicted octanol–water partition coefficient (Wildman–Crippen LogP) is 3.82. The summed E-state index contributed by atoms with van der Waals surface area (Å²) in [5, 5.41) is 3.30. The van der Waals surface area contributed by atoms with Crippen LogP contribution in [0.15, 0.2) is 59.2 Å². The van der Waals surface area contributed by atoms with Gasteiger partial charge >= 0.3 is 5.97 Å². The van der Waals surface area contributed by atoms with E-state index >= 15 is 0 Å². The Morgan fingerprint density at radius 1 is 1.12 bits per heavy atom. The summed E-state index contributed by atoms with van der Waals surface area (Å²) in [5.74, 6) is 0.213. The first kappa shape index (κ1) is 23.4. The number of rotatable bonds is 7. The Hall–Kier alpha value is -3.81. The van der Waals surface area contributed by atoms with Crippen molar-refractivity contribution in [2.24, 2.45) is 0 Å². The Morgan fingerprint density at radius 3 is 2.47 bits per heavy atom. The Bertz CT molecular complexity index is 1140. The van der Waals surface area contributed by atoms with Gasteiger partial charge in [0.1, 0.15) is 6.61 Å². The molecule has 0 spiro atoms. The van der Waals surface area contributed by atoms with Crippen molar-refractivity contribution in [3.63, 3.8) is 0 Å². The zero-order chi connectivity index (χ0) is 24.2. The molecule has 178 valence electrons. The molecule has 1 aliphatic heterocycles. The molecule has 1 atom stereocenters. The van der Waals surface area contributed by atoms with Crippen molar-refractivity contribution in [3.05, 3.63) is 70.3 Å². The monoisotopic (exact) mass is 464 g/mol. The molecule has 2 aliphatic rings. The van der Waals surface area contributed by atoms with Crippen LogP contribution in [-0.4, -0.2) is 38.1 Å². The van der Waals surface area contributed by atoms with Crippen molar-refractivity contribution in [2.75, 3.05) is 21.3 Å². The van der Waals surface area contributed by atoms with Gasteiger partial charge < -0.3 is 24.3 Å². The van der Waals surface area contributed by atoms with Gasteiger partial charge in [0.2, 0.25) is 5.75 Å². The fourth-order valence-electron chi connectivity index (χ4n) is 4.57. The van der Waals surface area contributed by atoms with Crippen LogP contribution in [0, 0.1) is 0 Å². The van der Waals surface area contributed by atoms with Gasteiger partial charge in [-0.1, -0.05) is 6.07 Å². The fourth-order valence-corrected chi connectivity index (χ4v) is 4.57. The number of carbonyl (C=O) groups excluding carboxylic acids is 2. The second-order valence-electron chi connectivity index (χ2n) is 8.16. The van der Waals surface area contributed by atoms with Gasteiger partial charge in [-0.25, -0.2) is 4.79 Å². The first-order chi connectivity index (χ1) is 16.5. The number of Topliss-reactive ketones (excluding diaryl/α,β-unsaturated/α-hetero) is 1. The van der Waals surface area contributed by atoms with Gasteiger partial charge in [0.05, 0.1) is 26.9 Å². The van der Waals surface area contributed by atoms with E-state index in [0.717, 1.165) is 24.1 Å². The van der Waals surface area contributed by atoms with Gasteiger partial charge in [-0.3, -0.25) is 9.78 Å². The van der Waals surface area contributed by atoms with Crippen molar-refractivity contribution >= 4 is 11.8 Å². The summed E-state index contributed by atoms with van der Waals surface area (Å²) in [5.41, 5.74) is 3.92. The molecule has 8 heteroatoms. The molecule has 0 saturated heterocycles. The van der Waals surface area contributed by atoms with E-state index in [1.54, 1.807) is 30.6 Å². The predicted molar refractivity (Wildman–Crippen MR) is 125 cm³/mol. The number of ketones is 1. The number of aromatic nitrogens is 1. The van der Waals surface area contributed by atoms with Gasteiger partial charge in [-0.2, -0.15) is 0 Å². The summed E-state index contributed by atoms with van der Waals surface area (Å²) in [4.78, 5) is 30.6. The van der Waals surface area contributed by atoms with Crippen molar-refractivity contribution in [1.82, 2.24) is 10.3 Å². The van der Waals surface area contributed by atoms with Crippen molar-refractivity contribution in [1.29, 1.82) is 0 Å². The Morgan fingerprint density at radius 2 is 1.85 bits per heavy atom. The van der Waals surface area contributed by atoms with E-state index in [0.29, 0.717) is 46.1 Å². The molecule has 1 unspecified atom stereocenters. The molecule has 2 heterocycles. The molecule has 1 aliphatic carbocycles. The molecule has 1 N–H and O–H groups in total. The second-order valence-corrected chi connectivity index (χ2v) is 8.16. The summed E-state index contributed by atoms with van der Waals surface area (Å²) < 4.78 is 22.2. The average Bonchev–Trinajstić information content (AvgIpc) is 2.86. The maximum atomic E-state index is 13.4. The molecule has 34 heavy (non-hydrogen) atoms. The van der Waals surface area contributed by atoms with Gasteiger partial charge in [0.25, 0.3) is 0 Å². The molecule has 0 fully saturated rings. The molecule has 0 saturated carbocycles. The van der Waals surface area contributed by atoms with E-state index in [2.05, 4.69) is 10.3 Å². The normalized spacial score (nSPS) is 17.6. The number of nitrogens with one attached hydrogen (secondary N) is 1. The summed E-state index contributed by atoms with van der Waals surface area (Å²) in [6, 6.07) is 7.19. The summed E-state index contributed by atoms with van der Waals surface area (Å²) in [6.45, 7) is 1.90. The van der Waals surface area contributed by atoms with Gasteiger partial charge in [-0.05, 0) is 43.5 Å². The molecule has 1 aromatic carbocycles. The van der Waals surface area contributed by atoms with E-state index in [1.807, 2.05) is 13.0 Å². The third-order valence-electron chi connectivity index (χ3n) is 6.11. The maximum Gasteiger partial charge on any atom is 0.337 e. The minimum absolute atomic E-state index is 0.0116. The number of hydrogen-bond acceptors (Lipinski definition) is 8. The number of allylic oxidation sites excluding steroid dienone is 3. The van der Waals surface area contributed by atoms with Crippen LogP contribution in [0.25, 0.3) is 0 Å². The van der Waals surface area contributed by atoms with Gasteiger partial charge in [0.15, 0.2) is 17.3 Å². The fraction of sp³-hybridized carbons (Fsp3) is 0.346. The lowest BCUT2D eigenvalue weighted by Crippen LogP contribution is -2.34. The topological polar surface area (TPSA) is 96.0 Å². The lowest BCUT2D eigenvalue weighted by molar-refractivity contribution is -0.140. The van der Waals surface area contributed by atoms with E-state index in [9.17, 15) is 9.59 Å². The maximum absolute atomic E-state index is 13.4. The quantitative estimate of drug-likeness (QED) is 0.618. The standard InChI is InChI=1S/C26H28N2O6/c1-15-22(26(30)34-14-16-7-6-10-27-13-16)23(24-18(28-15)8-5-9-19(24)29)17-11-20(31-2)25(33-4)21(12-17)32-3/h6-7,10-13,23,28H,5,8-9,14H2,1-4H3. The largest absolute Gasteiger partial charge is 0.493 e. The number of nitrogens with zero attached hydrogens (tertiary/aromatic N) is 1. The van der Waals surface area contributed by atoms with Crippen molar-refractivity contribution in [3.8, 4) is 17.2 Å². The number of carbonyl (C=O) groups is 2. The third-order valence-corrected chi connectivity index (χ3v) is 6.11. The lowest BCUT2D eigenvalue weighted by atomic mass is 9.75. The number of benzene rings is 1. The summed E-state index contributed by atoms with van der Waals surface area (Å²) in [6.07, 6.45) is 5.23. The van der Waals surface area contributed by atoms with E-state index < -0.39 is 11.9 Å². The molecule has 4 rings (SSSR count). The molecule has 1 aromatic heterocycles. The summed E-state index contributed by atoms with van der Waals surface area (Å²) in [7, 11) is 4.59. The van der Waals surface area contributed by atoms with Crippen LogP contribution in [0.4, 0.5) is 0 Å². The molecular weight excluding hydrogens is 436 g/mol. The van der Waals surface area contributed by atoms with E-state index in [1.165, 1.54) is 21.3 Å². The first-order valence-corrected chi connectivity index (χ1v) is 11.1. The number of esters is 1. The van der Waals surface area contributed by atoms with Crippen LogP contribution in [-0.2, 0) is 20.9 Å². The van der Waals surface area contributed by atoms with Crippen LogP contribution in [0.5, 0.6) is 17.2 Å². The number of methoxy groups -OCH3 is 3. The molecule has 0 amide bonds. The van der Waals surface area contributed by atoms with Crippen molar-refractivity contribution in [2.45, 2.75) is 38.7 Å². The number of dihydropyridines is 1. The zero-order valence-corrected chi connectivity index (χ0v) is 19.8. The van der Waals surface area contributed by atoms with Crippen LogP contribution >= 0.6 is 0 Å². The van der Waals surface area contributed by atoms with Crippen LogP contribution < -0.4 is 19.5 Å². The smallest absolute Gasteiger partial charge is 0.337 e. The first-order valence-electron chi connectivity index (χ1n) is 11.1. The highest BCUT2D eigenvalue weighted by molar-refractivity contribution is 6.03. The third kappa shape index (κ3) is 4.35. The Kier molecular flexibility index (Phi) is 6.86. The lowest BCUT2D eigenvalue weighted by Gasteiger charge is -2.34. The van der Waals surface area contributed by atoms with Crippen LogP contribution in [0.3, 0.4) is 0 Å². The SMILES string of the molecule is COc1cc(C2C(C(=O)OCc3cccnc3)=C(C)NC3=C2C(=O)CCC3)cc(OC)c1OC. The zero-order valence-electron chi connectivity index (χ0n) is 19.8. The number of ether oxygens (including phenoxy) is 4. The minimum atomic E-state index is -0.626. The molecule has 2 aromatic rings. The highest BCUT2D eigenvalue weighted by Crippen LogP contribution is 2.47. The Labute approximate surface area is 198 Å². The summed E-state index contributed by atoms with van der Waals surface area (Å²) >= 11 is 0. The minimum Gasteiger partial charge on any atom is -0.493 e.